The van der Waals surface area contributed by atoms with Crippen LogP contribution in [0.4, 0.5) is 0 Å². The van der Waals surface area contributed by atoms with Crippen molar-refractivity contribution < 1.29 is 24.1 Å². The van der Waals surface area contributed by atoms with E-state index >= 15 is 0 Å². The SMILES string of the molecule is COC(C)(C)C(C)(C)O[B]c1ccc(C2(N3C(=O)c4ccccc4C3=O)CC(C)(O)C2)cc1. The molecule has 0 saturated heterocycles. The number of carbonyl (C=O) groups excluding carboxylic acids is 2. The maximum atomic E-state index is 13.2. The van der Waals surface area contributed by atoms with Crippen LogP contribution in [0.15, 0.2) is 48.5 Å². The molecule has 4 rings (SSSR count). The summed E-state index contributed by atoms with van der Waals surface area (Å²) in [5, 5.41) is 10.6. The average molecular weight is 448 g/mol. The lowest BCUT2D eigenvalue weighted by Crippen LogP contribution is -2.63. The first kappa shape index (κ1) is 23.7. The summed E-state index contributed by atoms with van der Waals surface area (Å²) >= 11 is 0. The van der Waals surface area contributed by atoms with Gasteiger partial charge in [-0.1, -0.05) is 41.9 Å². The largest absolute Gasteiger partial charge is 0.427 e. The van der Waals surface area contributed by atoms with Crippen LogP contribution in [0.3, 0.4) is 0 Å². The van der Waals surface area contributed by atoms with Crippen molar-refractivity contribution in [2.45, 2.75) is 69.8 Å². The Morgan fingerprint density at radius 3 is 1.88 bits per heavy atom. The first-order valence-electron chi connectivity index (χ1n) is 11.2. The number of carbonyl (C=O) groups is 2. The minimum absolute atomic E-state index is 0.292. The molecule has 2 aromatic rings. The Morgan fingerprint density at radius 1 is 0.909 bits per heavy atom. The summed E-state index contributed by atoms with van der Waals surface area (Å²) in [5.41, 5.74) is -0.388. The number of hydrogen-bond donors (Lipinski definition) is 1. The highest BCUT2D eigenvalue weighted by molar-refractivity contribution is 6.47. The molecule has 173 valence electrons. The summed E-state index contributed by atoms with van der Waals surface area (Å²) in [6.45, 7) is 9.61. The summed E-state index contributed by atoms with van der Waals surface area (Å²) in [5.74, 6) is -0.623. The maximum absolute atomic E-state index is 13.2. The topological polar surface area (TPSA) is 76.1 Å². The average Bonchev–Trinajstić information content (AvgIpc) is 3.01. The van der Waals surface area contributed by atoms with Crippen LogP contribution in [0.2, 0.25) is 0 Å². The zero-order valence-electron chi connectivity index (χ0n) is 20.1. The highest BCUT2D eigenvalue weighted by Crippen LogP contribution is 2.54. The van der Waals surface area contributed by atoms with E-state index in [9.17, 15) is 14.7 Å². The molecule has 7 heteroatoms. The van der Waals surface area contributed by atoms with Gasteiger partial charge in [-0.25, -0.2) is 0 Å². The van der Waals surface area contributed by atoms with Gasteiger partial charge in [-0.15, -0.1) is 0 Å². The molecule has 1 aliphatic carbocycles. The van der Waals surface area contributed by atoms with Gasteiger partial charge in [0.15, 0.2) is 0 Å². The van der Waals surface area contributed by atoms with Crippen molar-refractivity contribution in [1.29, 1.82) is 0 Å². The Kier molecular flexibility index (Phi) is 5.59. The van der Waals surface area contributed by atoms with Gasteiger partial charge in [0.2, 0.25) is 0 Å². The van der Waals surface area contributed by atoms with Gasteiger partial charge in [-0.05, 0) is 52.3 Å². The highest BCUT2D eigenvalue weighted by Gasteiger charge is 2.60. The lowest BCUT2D eigenvalue weighted by Gasteiger charge is -2.55. The maximum Gasteiger partial charge on any atom is 0.330 e. The Hall–Kier alpha value is -2.48. The summed E-state index contributed by atoms with van der Waals surface area (Å²) in [7, 11) is 3.35. The minimum Gasteiger partial charge on any atom is -0.427 e. The van der Waals surface area contributed by atoms with Gasteiger partial charge in [0.1, 0.15) is 0 Å². The van der Waals surface area contributed by atoms with Crippen molar-refractivity contribution in [1.82, 2.24) is 4.90 Å². The Bertz CT molecular complexity index is 1050. The quantitative estimate of drug-likeness (QED) is 0.520. The molecule has 1 radical (unpaired) electrons. The number of benzene rings is 2. The van der Waals surface area contributed by atoms with Crippen LogP contribution < -0.4 is 5.46 Å². The molecule has 0 bridgehead atoms. The van der Waals surface area contributed by atoms with Crippen molar-refractivity contribution in [2.24, 2.45) is 0 Å². The van der Waals surface area contributed by atoms with E-state index in [2.05, 4.69) is 0 Å². The first-order valence-corrected chi connectivity index (χ1v) is 11.2. The fourth-order valence-corrected chi connectivity index (χ4v) is 4.75. The van der Waals surface area contributed by atoms with Gasteiger partial charge in [-0.3, -0.25) is 14.5 Å². The van der Waals surface area contributed by atoms with E-state index in [-0.39, 0.29) is 11.8 Å². The smallest absolute Gasteiger partial charge is 0.330 e. The summed E-state index contributed by atoms with van der Waals surface area (Å²) in [4.78, 5) is 27.8. The van der Waals surface area contributed by atoms with E-state index in [1.165, 1.54) is 4.90 Å². The molecule has 0 unspecified atom stereocenters. The molecule has 0 aromatic heterocycles. The molecule has 1 aliphatic heterocycles. The molecule has 33 heavy (non-hydrogen) atoms. The van der Waals surface area contributed by atoms with E-state index < -0.39 is 22.3 Å². The second-order valence-corrected chi connectivity index (χ2v) is 10.5. The highest BCUT2D eigenvalue weighted by atomic mass is 16.5. The standard InChI is InChI=1S/C26H31BNO5/c1-23(2,32-6)24(3,4)33-27-18-13-11-17(12-14-18)26(15-25(5,31)16-26)28-21(29)19-9-7-8-10-20(19)22(28)30/h7-14,31H,15-16H2,1-6H3. The third-order valence-electron chi connectivity index (χ3n) is 7.47. The monoisotopic (exact) mass is 448 g/mol. The molecule has 1 saturated carbocycles. The molecule has 1 N–H and O–H groups in total. The van der Waals surface area contributed by atoms with Gasteiger partial charge < -0.3 is 14.5 Å². The fraction of sp³-hybridized carbons (Fsp3) is 0.462. The number of fused-ring (bicyclic) bond motifs is 1. The third kappa shape index (κ3) is 3.82. The van der Waals surface area contributed by atoms with Crippen molar-refractivity contribution in [3.05, 3.63) is 65.2 Å². The Labute approximate surface area is 196 Å². The Balaban J connectivity index is 1.60. The summed E-state index contributed by atoms with van der Waals surface area (Å²) in [6.07, 6.45) is 0.584. The molecular formula is C26H31BNO5. The van der Waals surface area contributed by atoms with Crippen LogP contribution in [0.1, 0.15) is 73.7 Å². The number of amides is 2. The molecule has 0 spiro atoms. The predicted octanol–water partition coefficient (Wildman–Crippen LogP) is 3.19. The van der Waals surface area contributed by atoms with E-state index in [0.717, 1.165) is 11.0 Å². The predicted molar refractivity (Wildman–Crippen MR) is 127 cm³/mol. The number of ether oxygens (including phenoxy) is 1. The van der Waals surface area contributed by atoms with E-state index in [1.54, 1.807) is 45.8 Å². The van der Waals surface area contributed by atoms with Gasteiger partial charge in [-0.2, -0.15) is 0 Å². The molecule has 6 nitrogen and oxygen atoms in total. The lowest BCUT2D eigenvalue weighted by atomic mass is 9.61. The van der Waals surface area contributed by atoms with Crippen LogP contribution >= 0.6 is 0 Å². The van der Waals surface area contributed by atoms with E-state index in [4.69, 9.17) is 9.39 Å². The molecule has 2 amide bonds. The van der Waals surface area contributed by atoms with Crippen LogP contribution in [0, 0.1) is 0 Å². The van der Waals surface area contributed by atoms with Gasteiger partial charge in [0, 0.05) is 20.0 Å². The number of aliphatic hydroxyl groups is 1. The van der Waals surface area contributed by atoms with Gasteiger partial charge >= 0.3 is 7.48 Å². The van der Waals surface area contributed by atoms with Gasteiger partial charge in [0.05, 0.1) is 33.5 Å². The van der Waals surface area contributed by atoms with E-state index in [1.807, 2.05) is 52.0 Å². The van der Waals surface area contributed by atoms with Crippen molar-refractivity contribution >= 4 is 24.8 Å². The molecule has 1 fully saturated rings. The number of nitrogens with zero attached hydrogens (tertiary/aromatic N) is 1. The van der Waals surface area contributed by atoms with Crippen LogP contribution in [-0.4, -0.2) is 53.2 Å². The lowest BCUT2D eigenvalue weighted by molar-refractivity contribution is -0.118. The normalized spacial score (nSPS) is 25.1. The van der Waals surface area contributed by atoms with Crippen molar-refractivity contribution in [3.63, 3.8) is 0 Å². The molecule has 2 aromatic carbocycles. The zero-order valence-corrected chi connectivity index (χ0v) is 20.1. The third-order valence-corrected chi connectivity index (χ3v) is 7.47. The second kappa shape index (κ2) is 7.79. The number of rotatable bonds is 7. The number of hydrogen-bond acceptors (Lipinski definition) is 5. The molecular weight excluding hydrogens is 417 g/mol. The second-order valence-electron chi connectivity index (χ2n) is 10.5. The molecule has 0 atom stereocenters. The van der Waals surface area contributed by atoms with Crippen LogP contribution in [0.25, 0.3) is 0 Å². The van der Waals surface area contributed by atoms with Gasteiger partial charge in [0.25, 0.3) is 11.8 Å². The van der Waals surface area contributed by atoms with Crippen LogP contribution in [-0.2, 0) is 14.9 Å². The molecule has 1 heterocycles. The first-order chi connectivity index (χ1) is 15.3. The summed E-state index contributed by atoms with van der Waals surface area (Å²) in [6, 6.07) is 14.5. The van der Waals surface area contributed by atoms with E-state index in [0.29, 0.717) is 24.0 Å². The minimum atomic E-state index is -0.945. The zero-order chi connectivity index (χ0) is 24.2. The van der Waals surface area contributed by atoms with Crippen LogP contribution in [0.5, 0.6) is 0 Å². The molecule has 2 aliphatic rings. The van der Waals surface area contributed by atoms with Crippen molar-refractivity contribution in [3.8, 4) is 0 Å². The number of methoxy groups -OCH3 is 1. The number of imide groups is 1. The fourth-order valence-electron chi connectivity index (χ4n) is 4.75. The van der Waals surface area contributed by atoms with Crippen molar-refractivity contribution in [2.75, 3.05) is 7.11 Å². The Morgan fingerprint density at radius 2 is 1.42 bits per heavy atom. The summed E-state index contributed by atoms with van der Waals surface area (Å²) < 4.78 is 11.6.